The highest BCUT2D eigenvalue weighted by molar-refractivity contribution is 6.28. The lowest BCUT2D eigenvalue weighted by atomic mass is 10.1. The van der Waals surface area contributed by atoms with Gasteiger partial charge in [-0.25, -0.2) is 14.8 Å². The van der Waals surface area contributed by atoms with E-state index in [0.717, 1.165) is 0 Å². The highest BCUT2D eigenvalue weighted by Gasteiger charge is 2.23. The Kier molecular flexibility index (Phi) is 4.74. The summed E-state index contributed by atoms with van der Waals surface area (Å²) >= 11 is 5.76. The Hall–Kier alpha value is -2.15. The second-order valence-electron chi connectivity index (χ2n) is 4.08. The average molecular weight is 312 g/mol. The lowest BCUT2D eigenvalue weighted by Gasteiger charge is -2.04. The third kappa shape index (κ3) is 3.30. The smallest absolute Gasteiger partial charge is 0.342 e. The van der Waals surface area contributed by atoms with Gasteiger partial charge in [-0.05, 0) is 25.4 Å². The van der Waals surface area contributed by atoms with Crippen LogP contribution in [0.5, 0.6) is 0 Å². The number of aromatic amines is 1. The Morgan fingerprint density at radius 3 is 2.67 bits per heavy atom. The van der Waals surface area contributed by atoms with Gasteiger partial charge in [0.15, 0.2) is 0 Å². The van der Waals surface area contributed by atoms with Crippen molar-refractivity contribution in [2.75, 3.05) is 13.2 Å². The van der Waals surface area contributed by atoms with E-state index in [2.05, 4.69) is 15.0 Å². The van der Waals surface area contributed by atoms with Crippen LogP contribution in [0.1, 0.15) is 29.9 Å². The molecule has 0 aliphatic rings. The van der Waals surface area contributed by atoms with Gasteiger partial charge in [0.1, 0.15) is 11.1 Å². The van der Waals surface area contributed by atoms with E-state index in [-0.39, 0.29) is 30.5 Å². The minimum atomic E-state index is -0.571. The molecule has 7 nitrogen and oxygen atoms in total. The Labute approximate surface area is 125 Å². The maximum atomic E-state index is 12.1. The van der Waals surface area contributed by atoms with Gasteiger partial charge in [0.2, 0.25) is 5.28 Å². The molecule has 0 fully saturated rings. The zero-order valence-electron chi connectivity index (χ0n) is 11.6. The first-order chi connectivity index (χ1) is 10.1. The molecule has 2 aromatic rings. The molecular weight excluding hydrogens is 298 g/mol. The number of hydrogen-bond donors (Lipinski definition) is 1. The minimum Gasteiger partial charge on any atom is -0.466 e. The van der Waals surface area contributed by atoms with Crippen molar-refractivity contribution in [2.45, 2.75) is 20.3 Å². The first-order valence-electron chi connectivity index (χ1n) is 6.42. The van der Waals surface area contributed by atoms with Crippen molar-refractivity contribution in [3.63, 3.8) is 0 Å². The van der Waals surface area contributed by atoms with Crippen LogP contribution in [0.4, 0.5) is 0 Å². The molecule has 0 atom stereocenters. The van der Waals surface area contributed by atoms with Gasteiger partial charge in [0.25, 0.3) is 0 Å². The molecule has 0 aliphatic carbocycles. The van der Waals surface area contributed by atoms with Crippen LogP contribution < -0.4 is 0 Å². The van der Waals surface area contributed by atoms with Crippen LogP contribution in [0.15, 0.2) is 6.20 Å². The number of halogens is 1. The normalized spacial score (nSPS) is 10.6. The first kappa shape index (κ1) is 15.2. The van der Waals surface area contributed by atoms with Gasteiger partial charge < -0.3 is 14.5 Å². The predicted molar refractivity (Wildman–Crippen MR) is 75.2 cm³/mol. The maximum absolute atomic E-state index is 12.1. The van der Waals surface area contributed by atoms with Crippen LogP contribution in [-0.4, -0.2) is 40.1 Å². The number of rotatable bonds is 5. The van der Waals surface area contributed by atoms with Crippen molar-refractivity contribution in [2.24, 2.45) is 0 Å². The number of aromatic nitrogens is 3. The summed E-state index contributed by atoms with van der Waals surface area (Å²) in [4.78, 5) is 34.5. The molecule has 112 valence electrons. The van der Waals surface area contributed by atoms with Crippen molar-refractivity contribution in [1.29, 1.82) is 0 Å². The number of nitrogens with zero attached hydrogens (tertiary/aromatic N) is 2. The Balaban J connectivity index is 2.49. The molecule has 0 saturated carbocycles. The lowest BCUT2D eigenvalue weighted by molar-refractivity contribution is -0.142. The fraction of sp³-hybridized carbons (Fsp3) is 0.385. The predicted octanol–water partition coefficient (Wildman–Crippen LogP) is 1.89. The van der Waals surface area contributed by atoms with E-state index >= 15 is 0 Å². The van der Waals surface area contributed by atoms with Gasteiger partial charge in [-0.3, -0.25) is 4.79 Å². The summed E-state index contributed by atoms with van der Waals surface area (Å²) < 4.78 is 9.89. The summed E-state index contributed by atoms with van der Waals surface area (Å²) in [5.41, 5.74) is 1.39. The van der Waals surface area contributed by atoms with E-state index in [1.165, 1.54) is 6.20 Å². The van der Waals surface area contributed by atoms with Gasteiger partial charge in [-0.15, -0.1) is 0 Å². The number of nitrogens with one attached hydrogen (secondary N) is 1. The van der Waals surface area contributed by atoms with Crippen LogP contribution >= 0.6 is 11.6 Å². The van der Waals surface area contributed by atoms with E-state index in [1.54, 1.807) is 13.8 Å². The highest BCUT2D eigenvalue weighted by atomic mass is 35.5. The van der Waals surface area contributed by atoms with Gasteiger partial charge in [-0.1, -0.05) is 0 Å². The molecule has 0 spiro atoms. The van der Waals surface area contributed by atoms with Crippen molar-refractivity contribution < 1.29 is 19.1 Å². The molecule has 1 N–H and O–H groups in total. The molecule has 0 aromatic carbocycles. The molecule has 0 aliphatic heterocycles. The van der Waals surface area contributed by atoms with Crippen molar-refractivity contribution >= 4 is 34.6 Å². The Bertz CT molecular complexity index is 683. The van der Waals surface area contributed by atoms with E-state index in [1.807, 2.05) is 0 Å². The number of ether oxygens (including phenoxy) is 2. The summed E-state index contributed by atoms with van der Waals surface area (Å²) in [5.74, 6) is -1.02. The van der Waals surface area contributed by atoms with Gasteiger partial charge >= 0.3 is 11.9 Å². The van der Waals surface area contributed by atoms with E-state index < -0.39 is 11.9 Å². The number of carbonyl (C=O) groups is 2. The monoisotopic (exact) mass is 311 g/mol. The van der Waals surface area contributed by atoms with Crippen LogP contribution in [0, 0.1) is 0 Å². The second-order valence-corrected chi connectivity index (χ2v) is 4.42. The molecule has 2 aromatic heterocycles. The fourth-order valence-corrected chi connectivity index (χ4v) is 2.06. The maximum Gasteiger partial charge on any atom is 0.342 e. The highest BCUT2D eigenvalue weighted by Crippen LogP contribution is 2.23. The van der Waals surface area contributed by atoms with Crippen molar-refractivity contribution in [3.05, 3.63) is 22.7 Å². The lowest BCUT2D eigenvalue weighted by Crippen LogP contribution is -2.13. The summed E-state index contributed by atoms with van der Waals surface area (Å²) in [6, 6.07) is 0. The van der Waals surface area contributed by atoms with Gasteiger partial charge in [0.05, 0.1) is 31.3 Å². The zero-order chi connectivity index (χ0) is 15.4. The average Bonchev–Trinajstić information content (AvgIpc) is 2.76. The van der Waals surface area contributed by atoms with E-state index in [4.69, 9.17) is 21.1 Å². The topological polar surface area (TPSA) is 94.2 Å². The SMILES string of the molecule is CCOC(=O)Cc1[nH]c2cnc(Cl)nc2c1C(=O)OCC. The molecule has 8 heteroatoms. The van der Waals surface area contributed by atoms with E-state index in [0.29, 0.717) is 16.7 Å². The van der Waals surface area contributed by atoms with E-state index in [9.17, 15) is 9.59 Å². The zero-order valence-corrected chi connectivity index (χ0v) is 12.4. The molecule has 21 heavy (non-hydrogen) atoms. The fourth-order valence-electron chi connectivity index (χ4n) is 1.92. The molecule has 0 saturated heterocycles. The molecule has 2 rings (SSSR count). The quantitative estimate of drug-likeness (QED) is 0.669. The van der Waals surface area contributed by atoms with Gasteiger partial charge in [0, 0.05) is 5.69 Å². The molecule has 2 heterocycles. The third-order valence-corrected chi connectivity index (χ3v) is 2.87. The summed E-state index contributed by atoms with van der Waals surface area (Å²) in [5, 5.41) is 0.00901. The number of hydrogen-bond acceptors (Lipinski definition) is 6. The molecule has 0 unspecified atom stereocenters. The molecule has 0 amide bonds. The number of fused-ring (bicyclic) bond motifs is 1. The van der Waals surface area contributed by atoms with Crippen molar-refractivity contribution in [1.82, 2.24) is 15.0 Å². The van der Waals surface area contributed by atoms with Crippen LogP contribution in [0.2, 0.25) is 5.28 Å². The first-order valence-corrected chi connectivity index (χ1v) is 6.80. The molecule has 0 bridgehead atoms. The van der Waals surface area contributed by atoms with Gasteiger partial charge in [-0.2, -0.15) is 0 Å². The minimum absolute atomic E-state index is 0.00901. The third-order valence-electron chi connectivity index (χ3n) is 2.69. The summed E-state index contributed by atoms with van der Waals surface area (Å²) in [6.07, 6.45) is 1.36. The molecular formula is C13H14ClN3O4. The largest absolute Gasteiger partial charge is 0.466 e. The van der Waals surface area contributed by atoms with Crippen LogP contribution in [0.3, 0.4) is 0 Å². The Morgan fingerprint density at radius 1 is 1.29 bits per heavy atom. The summed E-state index contributed by atoms with van der Waals surface area (Å²) in [6.45, 7) is 3.88. The number of H-pyrrole nitrogens is 1. The standard InChI is InChI=1S/C13H14ClN3O4/c1-3-20-9(18)5-7-10(12(19)21-4-2)11-8(16-7)6-15-13(14)17-11/h6,16H,3-5H2,1-2H3. The summed E-state index contributed by atoms with van der Waals surface area (Å²) in [7, 11) is 0. The number of carbonyl (C=O) groups excluding carboxylic acids is 2. The molecule has 0 radical (unpaired) electrons. The number of esters is 2. The second kappa shape index (κ2) is 6.53. The van der Waals surface area contributed by atoms with Crippen molar-refractivity contribution in [3.8, 4) is 0 Å². The Morgan fingerprint density at radius 2 is 2.00 bits per heavy atom. The van der Waals surface area contributed by atoms with Crippen LogP contribution in [-0.2, 0) is 20.7 Å². The van der Waals surface area contributed by atoms with Crippen LogP contribution in [0.25, 0.3) is 11.0 Å².